The molecule has 2 aromatic rings. The van der Waals surface area contributed by atoms with Gasteiger partial charge in [0.25, 0.3) is 0 Å². The highest BCUT2D eigenvalue weighted by molar-refractivity contribution is 6.74. The smallest absolute Gasteiger partial charge is 0.222 e. The average Bonchev–Trinajstić information content (AvgIpc) is 2.89. The number of carbonyl (C=O) groups excluding carboxylic acids is 1. The van der Waals surface area contributed by atoms with Crippen LogP contribution in [-0.2, 0) is 9.22 Å². The molecule has 0 aliphatic rings. The zero-order valence-corrected chi connectivity index (χ0v) is 25.9. The quantitative estimate of drug-likeness (QED) is 0.264. The van der Waals surface area contributed by atoms with Crippen LogP contribution in [0.15, 0.2) is 54.6 Å². The Balaban J connectivity index is 2.01. The minimum atomic E-state index is -2.02. The van der Waals surface area contributed by atoms with E-state index in [-0.39, 0.29) is 29.0 Å². The number of aliphatic hydroxyl groups is 1. The number of nitrogens with zero attached hydrogens (tertiary/aromatic N) is 1. The summed E-state index contributed by atoms with van der Waals surface area (Å²) in [5.41, 5.74) is 0.813. The molecule has 2 aromatic carbocycles. The number of hydrogen-bond donors (Lipinski definition) is 1. The Hall–Kier alpha value is -2.35. The van der Waals surface area contributed by atoms with Crippen molar-refractivity contribution in [2.75, 3.05) is 20.8 Å². The molecule has 1 amide bonds. The number of carbonyl (C=O) groups is 1. The van der Waals surface area contributed by atoms with E-state index in [2.05, 4.69) is 40.8 Å². The second-order valence-corrected chi connectivity index (χ2v) is 16.6. The van der Waals surface area contributed by atoms with Crippen molar-refractivity contribution in [1.29, 1.82) is 0 Å². The van der Waals surface area contributed by atoms with E-state index in [1.165, 1.54) is 0 Å². The lowest BCUT2D eigenvalue weighted by Crippen LogP contribution is -2.46. The third-order valence-corrected chi connectivity index (χ3v) is 12.5. The number of rotatable bonds is 14. The van der Waals surface area contributed by atoms with Crippen LogP contribution in [0.25, 0.3) is 0 Å². The van der Waals surface area contributed by atoms with E-state index in [1.54, 1.807) is 19.1 Å². The van der Waals surface area contributed by atoms with Gasteiger partial charge in [-0.2, -0.15) is 0 Å². The SMILES string of the molecule is COc1ccc(OCC[C@@H](O[Si](C)(C)C(C)(C)C)[C@@H](C)CCC(=O)N(C)[C@@H](C)[C@@H](O)c2ccccc2)cc1. The molecule has 0 aromatic heterocycles. The van der Waals surface area contributed by atoms with E-state index in [0.29, 0.717) is 19.4 Å². The predicted molar refractivity (Wildman–Crippen MR) is 157 cm³/mol. The Kier molecular flexibility index (Phi) is 11.9. The Morgan fingerprint density at radius 1 is 0.974 bits per heavy atom. The number of benzene rings is 2. The fraction of sp³-hybridized carbons (Fsp3) is 0.581. The molecule has 1 N–H and O–H groups in total. The van der Waals surface area contributed by atoms with Crippen molar-refractivity contribution in [2.45, 2.75) is 90.3 Å². The molecule has 212 valence electrons. The van der Waals surface area contributed by atoms with E-state index < -0.39 is 14.4 Å². The maximum atomic E-state index is 13.1. The maximum Gasteiger partial charge on any atom is 0.222 e. The normalized spacial score (nSPS) is 15.3. The summed E-state index contributed by atoms with van der Waals surface area (Å²) < 4.78 is 18.1. The highest BCUT2D eigenvalue weighted by atomic mass is 28.4. The minimum absolute atomic E-state index is 0.0143. The molecule has 0 saturated carbocycles. The van der Waals surface area contributed by atoms with E-state index in [4.69, 9.17) is 13.9 Å². The first-order valence-electron chi connectivity index (χ1n) is 13.7. The summed E-state index contributed by atoms with van der Waals surface area (Å²) in [6, 6.07) is 16.8. The molecule has 0 fully saturated rings. The van der Waals surface area contributed by atoms with E-state index in [0.717, 1.165) is 23.5 Å². The summed E-state index contributed by atoms with van der Waals surface area (Å²) in [6.07, 6.45) is 1.11. The molecule has 0 heterocycles. The fourth-order valence-electron chi connectivity index (χ4n) is 4.06. The molecule has 38 heavy (non-hydrogen) atoms. The minimum Gasteiger partial charge on any atom is -0.497 e. The second kappa shape index (κ2) is 14.2. The summed E-state index contributed by atoms with van der Waals surface area (Å²) in [6.45, 7) is 15.8. The summed E-state index contributed by atoms with van der Waals surface area (Å²) in [7, 11) is 1.40. The van der Waals surface area contributed by atoms with Gasteiger partial charge in [0.2, 0.25) is 5.91 Å². The summed E-state index contributed by atoms with van der Waals surface area (Å²) >= 11 is 0. The number of aliphatic hydroxyl groups excluding tert-OH is 1. The molecule has 0 aliphatic carbocycles. The second-order valence-electron chi connectivity index (χ2n) is 11.8. The monoisotopic (exact) mass is 543 g/mol. The summed E-state index contributed by atoms with van der Waals surface area (Å²) in [5, 5.41) is 10.9. The van der Waals surface area contributed by atoms with Gasteiger partial charge in [0, 0.05) is 19.9 Å². The molecular formula is C31H49NO5Si. The van der Waals surface area contributed by atoms with Gasteiger partial charge in [-0.25, -0.2) is 0 Å². The van der Waals surface area contributed by atoms with Gasteiger partial charge in [-0.05, 0) is 67.2 Å². The van der Waals surface area contributed by atoms with Crippen molar-refractivity contribution in [3.63, 3.8) is 0 Å². The van der Waals surface area contributed by atoms with Crippen LogP contribution in [0.5, 0.6) is 11.5 Å². The number of ether oxygens (including phenoxy) is 2. The molecule has 6 nitrogen and oxygen atoms in total. The molecular weight excluding hydrogens is 494 g/mol. The maximum absolute atomic E-state index is 13.1. The van der Waals surface area contributed by atoms with Gasteiger partial charge in [-0.15, -0.1) is 0 Å². The summed E-state index contributed by atoms with van der Waals surface area (Å²) in [4.78, 5) is 14.8. The van der Waals surface area contributed by atoms with Crippen LogP contribution in [0, 0.1) is 5.92 Å². The Labute approximate surface area is 231 Å². The van der Waals surface area contributed by atoms with Crippen molar-refractivity contribution in [3.05, 3.63) is 60.2 Å². The van der Waals surface area contributed by atoms with Crippen LogP contribution in [0.1, 0.15) is 65.5 Å². The third-order valence-electron chi connectivity index (χ3n) is 8.03. The van der Waals surface area contributed by atoms with E-state index >= 15 is 0 Å². The first-order chi connectivity index (χ1) is 17.8. The molecule has 0 radical (unpaired) electrons. The predicted octanol–water partition coefficient (Wildman–Crippen LogP) is 6.85. The molecule has 0 bridgehead atoms. The lowest BCUT2D eigenvalue weighted by atomic mass is 9.96. The number of methoxy groups -OCH3 is 1. The van der Waals surface area contributed by atoms with Crippen molar-refractivity contribution in [3.8, 4) is 11.5 Å². The van der Waals surface area contributed by atoms with E-state index in [1.807, 2.05) is 61.5 Å². The lowest BCUT2D eigenvalue weighted by Gasteiger charge is -2.41. The van der Waals surface area contributed by atoms with Crippen LogP contribution >= 0.6 is 0 Å². The molecule has 0 unspecified atom stereocenters. The van der Waals surface area contributed by atoms with E-state index in [9.17, 15) is 9.90 Å². The topological polar surface area (TPSA) is 68.2 Å². The van der Waals surface area contributed by atoms with Gasteiger partial charge in [-0.1, -0.05) is 58.0 Å². The molecule has 4 atom stereocenters. The van der Waals surface area contributed by atoms with Crippen LogP contribution in [0.4, 0.5) is 0 Å². The van der Waals surface area contributed by atoms with Gasteiger partial charge >= 0.3 is 0 Å². The number of likely N-dealkylation sites (N-methyl/N-ethyl adjacent to an activating group) is 1. The largest absolute Gasteiger partial charge is 0.497 e. The molecule has 7 heteroatoms. The zero-order chi connectivity index (χ0) is 28.5. The Morgan fingerprint density at radius 3 is 2.11 bits per heavy atom. The van der Waals surface area contributed by atoms with Gasteiger partial charge in [0.15, 0.2) is 8.32 Å². The highest BCUT2D eigenvalue weighted by Crippen LogP contribution is 2.39. The number of hydrogen-bond acceptors (Lipinski definition) is 5. The van der Waals surface area contributed by atoms with Gasteiger partial charge in [0.1, 0.15) is 11.5 Å². The van der Waals surface area contributed by atoms with Gasteiger partial charge < -0.3 is 23.9 Å². The van der Waals surface area contributed by atoms with Crippen molar-refractivity contribution in [1.82, 2.24) is 4.90 Å². The molecule has 0 aliphatic heterocycles. The van der Waals surface area contributed by atoms with Crippen molar-refractivity contribution < 1.29 is 23.8 Å². The Morgan fingerprint density at radius 2 is 1.55 bits per heavy atom. The average molecular weight is 544 g/mol. The first-order valence-corrected chi connectivity index (χ1v) is 16.6. The third kappa shape index (κ3) is 9.14. The molecule has 0 saturated heterocycles. The Bertz CT molecular complexity index is 974. The van der Waals surface area contributed by atoms with Crippen molar-refractivity contribution in [2.24, 2.45) is 5.92 Å². The van der Waals surface area contributed by atoms with Crippen LogP contribution < -0.4 is 9.47 Å². The van der Waals surface area contributed by atoms with Crippen molar-refractivity contribution >= 4 is 14.2 Å². The highest BCUT2D eigenvalue weighted by Gasteiger charge is 2.40. The molecule has 0 spiro atoms. The molecule has 2 rings (SSSR count). The summed E-state index contributed by atoms with van der Waals surface area (Å²) in [5.74, 6) is 1.80. The van der Waals surface area contributed by atoms with Crippen LogP contribution in [-0.4, -0.2) is 57.1 Å². The van der Waals surface area contributed by atoms with Crippen LogP contribution in [0.2, 0.25) is 18.1 Å². The van der Waals surface area contributed by atoms with Gasteiger partial charge in [-0.3, -0.25) is 4.79 Å². The number of amides is 1. The standard InChI is InChI=1S/C31H49NO5Si/c1-23(15-20-29(33)32(6)24(2)30(34)25-13-11-10-12-14-25)28(37-38(8,9)31(3,4)5)21-22-36-27-18-16-26(35-7)17-19-27/h10-14,16-19,23-24,28,30,34H,15,20-22H2,1-9H3/t23-,24-,28+,30+/m0/s1. The van der Waals surface area contributed by atoms with Crippen LogP contribution in [0.3, 0.4) is 0 Å². The zero-order valence-electron chi connectivity index (χ0n) is 24.9. The fourth-order valence-corrected chi connectivity index (χ4v) is 5.52. The first kappa shape index (κ1) is 31.9. The van der Waals surface area contributed by atoms with Gasteiger partial charge in [0.05, 0.1) is 32.0 Å². The lowest BCUT2D eigenvalue weighted by molar-refractivity contribution is -0.134.